The number of fused-ring (bicyclic) bond motifs is 1. The fourth-order valence-electron chi connectivity index (χ4n) is 4.01. The predicted octanol–water partition coefficient (Wildman–Crippen LogP) is 2.78. The highest BCUT2D eigenvalue weighted by molar-refractivity contribution is 7.90. The minimum atomic E-state index is -3.29. The van der Waals surface area contributed by atoms with Crippen LogP contribution in [0.5, 0.6) is 0 Å². The molecule has 168 valence electrons. The second-order valence-corrected chi connectivity index (χ2v) is 10.4. The van der Waals surface area contributed by atoms with Crippen LogP contribution in [0.15, 0.2) is 48.4 Å². The molecule has 2 aromatic rings. The first-order valence-electron chi connectivity index (χ1n) is 10.6. The highest BCUT2D eigenvalue weighted by atomic mass is 32.2. The molecule has 0 amide bonds. The molecule has 1 fully saturated rings. The lowest BCUT2D eigenvalue weighted by Gasteiger charge is -2.35. The van der Waals surface area contributed by atoms with Gasteiger partial charge >= 0.3 is 0 Å². The monoisotopic (exact) mass is 444 g/mol. The second-order valence-electron chi connectivity index (χ2n) is 8.41. The van der Waals surface area contributed by atoms with Crippen molar-refractivity contribution in [2.24, 2.45) is 0 Å². The summed E-state index contributed by atoms with van der Waals surface area (Å²) in [4.78, 5) is 11.7. The lowest BCUT2D eigenvalue weighted by atomic mass is 9.94. The van der Waals surface area contributed by atoms with Crippen molar-refractivity contribution in [1.29, 1.82) is 0 Å². The normalized spacial score (nSPS) is 15.9. The molecule has 0 atom stereocenters. The van der Waals surface area contributed by atoms with E-state index in [1.165, 1.54) is 6.26 Å². The van der Waals surface area contributed by atoms with E-state index in [1.807, 2.05) is 6.92 Å². The van der Waals surface area contributed by atoms with Crippen LogP contribution >= 0.6 is 0 Å². The topological polar surface area (TPSA) is 95.4 Å². The molecule has 2 heterocycles. The van der Waals surface area contributed by atoms with Gasteiger partial charge in [0, 0.05) is 37.3 Å². The predicted molar refractivity (Wildman–Crippen MR) is 125 cm³/mol. The molecule has 8 heteroatoms. The van der Waals surface area contributed by atoms with E-state index in [2.05, 4.69) is 33.3 Å². The van der Waals surface area contributed by atoms with Gasteiger partial charge in [0.05, 0.1) is 21.7 Å². The zero-order valence-corrected chi connectivity index (χ0v) is 19.2. The number of nitrogens with one attached hydrogen (secondary N) is 1. The number of benzene rings is 1. The summed E-state index contributed by atoms with van der Waals surface area (Å²) in [6, 6.07) is 5.30. The minimum Gasteiger partial charge on any atom is -0.388 e. The molecule has 7 nitrogen and oxygen atoms in total. The van der Waals surface area contributed by atoms with E-state index in [-0.39, 0.29) is 4.90 Å². The van der Waals surface area contributed by atoms with Crippen molar-refractivity contribution < 1.29 is 13.5 Å². The molecular formula is C23H32N4O3S. The molecule has 31 heavy (non-hydrogen) atoms. The first-order valence-corrected chi connectivity index (χ1v) is 12.5. The van der Waals surface area contributed by atoms with Crippen LogP contribution in [0, 0.1) is 6.92 Å². The van der Waals surface area contributed by atoms with Crippen molar-refractivity contribution in [3.63, 3.8) is 0 Å². The Morgan fingerprint density at radius 1 is 1.23 bits per heavy atom. The van der Waals surface area contributed by atoms with Crippen LogP contribution in [0.3, 0.4) is 0 Å². The fourth-order valence-corrected chi connectivity index (χ4v) is 4.65. The van der Waals surface area contributed by atoms with Gasteiger partial charge in [-0.2, -0.15) is 0 Å². The summed E-state index contributed by atoms with van der Waals surface area (Å²) < 4.78 is 23.8. The first-order chi connectivity index (χ1) is 14.6. The fraction of sp³-hybridized carbons (Fsp3) is 0.478. The molecule has 1 saturated heterocycles. The molecule has 0 saturated carbocycles. The molecule has 0 bridgehead atoms. The molecule has 0 aliphatic carbocycles. The van der Waals surface area contributed by atoms with Gasteiger partial charge in [-0.25, -0.2) is 18.4 Å². The standard InChI is InChI=1S/C23H32N4O3S/c1-5-11-23(28,12-6-2)16-24-18-9-13-27(14-10-18)22-25-17(3)20-8-7-19(31(4,29)30)15-21(20)26-22/h5-8,15,18,24,28H,1-2,9-14,16H2,3-4H3. The van der Waals surface area contributed by atoms with Gasteiger partial charge in [-0.15, -0.1) is 13.2 Å². The lowest BCUT2D eigenvalue weighted by molar-refractivity contribution is 0.0426. The number of sulfone groups is 1. The summed E-state index contributed by atoms with van der Waals surface area (Å²) in [5.41, 5.74) is 0.625. The molecule has 1 aliphatic heterocycles. The molecule has 0 spiro atoms. The van der Waals surface area contributed by atoms with Crippen LogP contribution in [0.25, 0.3) is 10.9 Å². The van der Waals surface area contributed by atoms with E-state index in [4.69, 9.17) is 0 Å². The maximum Gasteiger partial charge on any atom is 0.226 e. The van der Waals surface area contributed by atoms with E-state index >= 15 is 0 Å². The van der Waals surface area contributed by atoms with Crippen LogP contribution in [0.1, 0.15) is 31.4 Å². The molecule has 0 radical (unpaired) electrons. The molecule has 0 unspecified atom stereocenters. The molecular weight excluding hydrogens is 412 g/mol. The van der Waals surface area contributed by atoms with Gasteiger partial charge in [-0.3, -0.25) is 0 Å². The zero-order chi connectivity index (χ0) is 22.6. The third kappa shape index (κ3) is 5.70. The smallest absolute Gasteiger partial charge is 0.226 e. The summed E-state index contributed by atoms with van der Waals surface area (Å²) in [7, 11) is -3.29. The largest absolute Gasteiger partial charge is 0.388 e. The van der Waals surface area contributed by atoms with Gasteiger partial charge in [-0.1, -0.05) is 12.2 Å². The molecule has 2 N–H and O–H groups in total. The van der Waals surface area contributed by atoms with Crippen LogP contribution in [-0.2, 0) is 9.84 Å². The van der Waals surface area contributed by atoms with Gasteiger partial charge in [0.1, 0.15) is 0 Å². The Hall–Kier alpha value is -2.29. The van der Waals surface area contributed by atoms with Gasteiger partial charge < -0.3 is 15.3 Å². The SMILES string of the molecule is C=CCC(O)(CC=C)CNC1CCN(c2nc(C)c3ccc(S(C)(=O)=O)cc3n2)CC1. The van der Waals surface area contributed by atoms with E-state index in [0.29, 0.717) is 36.9 Å². The van der Waals surface area contributed by atoms with Gasteiger partial charge in [-0.05, 0) is 50.8 Å². The summed E-state index contributed by atoms with van der Waals surface area (Å²) in [5, 5.41) is 15.1. The number of aryl methyl sites for hydroxylation is 1. The summed E-state index contributed by atoms with van der Waals surface area (Å²) in [6.45, 7) is 11.5. The second kappa shape index (κ2) is 9.46. The Bertz CT molecular complexity index is 1050. The average Bonchev–Trinajstić information content (AvgIpc) is 2.72. The highest BCUT2D eigenvalue weighted by Crippen LogP contribution is 2.24. The average molecular weight is 445 g/mol. The van der Waals surface area contributed by atoms with E-state index in [0.717, 1.165) is 37.0 Å². The number of hydrogen-bond acceptors (Lipinski definition) is 7. The number of hydrogen-bond donors (Lipinski definition) is 2. The highest BCUT2D eigenvalue weighted by Gasteiger charge is 2.27. The van der Waals surface area contributed by atoms with Crippen molar-refractivity contribution in [3.8, 4) is 0 Å². The van der Waals surface area contributed by atoms with Crippen molar-refractivity contribution in [2.45, 2.75) is 49.1 Å². The van der Waals surface area contributed by atoms with Crippen molar-refractivity contribution >= 4 is 26.7 Å². The molecule has 3 rings (SSSR count). The molecule has 1 aliphatic rings. The van der Waals surface area contributed by atoms with Gasteiger partial charge in [0.25, 0.3) is 0 Å². The van der Waals surface area contributed by atoms with Crippen molar-refractivity contribution in [2.75, 3.05) is 30.8 Å². The number of nitrogens with zero attached hydrogens (tertiary/aromatic N) is 3. The summed E-state index contributed by atoms with van der Waals surface area (Å²) in [6.07, 6.45) is 7.52. The Labute approximate surface area is 184 Å². The van der Waals surface area contributed by atoms with E-state index in [9.17, 15) is 13.5 Å². The number of rotatable bonds is 9. The van der Waals surface area contributed by atoms with Gasteiger partial charge in [0.2, 0.25) is 5.95 Å². The van der Waals surface area contributed by atoms with Crippen molar-refractivity contribution in [1.82, 2.24) is 15.3 Å². The Morgan fingerprint density at radius 3 is 2.45 bits per heavy atom. The van der Waals surface area contributed by atoms with Crippen LogP contribution in [0.2, 0.25) is 0 Å². The third-order valence-electron chi connectivity index (χ3n) is 5.82. The number of aromatic nitrogens is 2. The number of piperidine rings is 1. The summed E-state index contributed by atoms with van der Waals surface area (Å²) >= 11 is 0. The van der Waals surface area contributed by atoms with Crippen LogP contribution in [0.4, 0.5) is 5.95 Å². The Morgan fingerprint density at radius 2 is 1.87 bits per heavy atom. The van der Waals surface area contributed by atoms with Crippen LogP contribution in [-0.4, -0.2) is 61.0 Å². The lowest BCUT2D eigenvalue weighted by Crippen LogP contribution is -2.48. The maximum atomic E-state index is 11.9. The van der Waals surface area contributed by atoms with Gasteiger partial charge in [0.15, 0.2) is 9.84 Å². The quantitative estimate of drug-likeness (QED) is 0.574. The molecule has 1 aromatic heterocycles. The molecule has 1 aromatic carbocycles. The third-order valence-corrected chi connectivity index (χ3v) is 6.93. The first kappa shape index (κ1) is 23.4. The van der Waals surface area contributed by atoms with Crippen LogP contribution < -0.4 is 10.2 Å². The van der Waals surface area contributed by atoms with Crippen molar-refractivity contribution in [3.05, 3.63) is 49.2 Å². The zero-order valence-electron chi connectivity index (χ0n) is 18.3. The Kier molecular flexibility index (Phi) is 7.13. The Balaban J connectivity index is 1.69. The number of anilines is 1. The summed E-state index contributed by atoms with van der Waals surface area (Å²) in [5.74, 6) is 0.629. The maximum absolute atomic E-state index is 11.9. The van der Waals surface area contributed by atoms with E-state index in [1.54, 1.807) is 30.4 Å². The van der Waals surface area contributed by atoms with E-state index < -0.39 is 15.4 Å². The minimum absolute atomic E-state index is 0.262. The number of aliphatic hydroxyl groups is 1.